The third-order valence-corrected chi connectivity index (χ3v) is 10.2. The summed E-state index contributed by atoms with van der Waals surface area (Å²) in [4.78, 5) is 35.3. The first kappa shape index (κ1) is 42.5. The minimum atomic E-state index is -0.884. The maximum atomic E-state index is 13.4. The standard InChI is InChI=1S/C43H54N2O11/c1-8-14-34(46)42(3,4)36-20-13-18-32-33(54-32)23-22-27(50-7)24-39-45-29(26-52-39)41(49)56-37(43(5,6)35(47)15-9-2)19-12-17-31-30(53-31)16-10-11-21-38-44-28(25-51-38)40(48)55-36/h8-18,21-23,25-27,30-37,46-47H,19-20,24H2,1-7H3/t27-,30-,31+,32?,33?,34-,35-,36-,37-/m0/s1. The third-order valence-electron chi connectivity index (χ3n) is 10.2. The molecule has 0 aromatic carbocycles. The maximum Gasteiger partial charge on any atom is 0.360 e. The number of aromatic nitrogens is 2. The van der Waals surface area contributed by atoms with Crippen molar-refractivity contribution in [3.05, 3.63) is 115 Å². The summed E-state index contributed by atoms with van der Waals surface area (Å²) in [6, 6.07) is 0. The van der Waals surface area contributed by atoms with E-state index in [1.807, 2.05) is 84.1 Å². The number of cyclic esters (lactones) is 2. The van der Waals surface area contributed by atoms with Gasteiger partial charge in [0.2, 0.25) is 5.89 Å². The van der Waals surface area contributed by atoms with Crippen LogP contribution in [0.2, 0.25) is 0 Å². The molecule has 3 aliphatic heterocycles. The Kier molecular flexibility index (Phi) is 14.4. The van der Waals surface area contributed by atoms with Gasteiger partial charge in [0.1, 0.15) is 49.2 Å². The van der Waals surface area contributed by atoms with Crippen LogP contribution in [0.15, 0.2) is 100 Å². The first-order valence-corrected chi connectivity index (χ1v) is 18.9. The third kappa shape index (κ3) is 11.2. The highest BCUT2D eigenvalue weighted by molar-refractivity contribution is 5.87. The molecule has 302 valence electrons. The zero-order valence-electron chi connectivity index (χ0n) is 33.0. The number of allylic oxidation sites excluding steroid dienone is 4. The number of aliphatic hydroxyl groups excluding tert-OH is 2. The van der Waals surface area contributed by atoms with Gasteiger partial charge in [0, 0.05) is 36.9 Å². The van der Waals surface area contributed by atoms with Crippen LogP contribution in [0.1, 0.15) is 87.1 Å². The van der Waals surface area contributed by atoms with E-state index in [0.29, 0.717) is 12.8 Å². The van der Waals surface area contributed by atoms with Crippen LogP contribution in [-0.4, -0.2) is 94.2 Å². The van der Waals surface area contributed by atoms with E-state index < -0.39 is 53.3 Å². The van der Waals surface area contributed by atoms with Gasteiger partial charge in [0.15, 0.2) is 17.3 Å². The van der Waals surface area contributed by atoms with E-state index in [9.17, 15) is 19.8 Å². The lowest BCUT2D eigenvalue weighted by Gasteiger charge is -2.36. The first-order chi connectivity index (χ1) is 26.8. The van der Waals surface area contributed by atoms with Crippen LogP contribution in [0.3, 0.4) is 0 Å². The predicted octanol–water partition coefficient (Wildman–Crippen LogP) is 6.46. The molecule has 0 aliphatic carbocycles. The molecule has 56 heavy (non-hydrogen) atoms. The molecule has 3 aliphatic rings. The number of hydrogen-bond acceptors (Lipinski definition) is 13. The molecule has 5 heterocycles. The van der Waals surface area contributed by atoms with Crippen LogP contribution in [-0.2, 0) is 30.1 Å². The quantitative estimate of drug-likeness (QED) is 0.178. The van der Waals surface area contributed by atoms with Crippen molar-refractivity contribution in [1.29, 1.82) is 0 Å². The summed E-state index contributed by atoms with van der Waals surface area (Å²) >= 11 is 0. The van der Waals surface area contributed by atoms with Crippen LogP contribution < -0.4 is 0 Å². The van der Waals surface area contributed by atoms with Gasteiger partial charge in [-0.3, -0.25) is 0 Å². The van der Waals surface area contributed by atoms with Gasteiger partial charge in [0.05, 0.1) is 24.7 Å². The predicted molar refractivity (Wildman–Crippen MR) is 207 cm³/mol. The Morgan fingerprint density at radius 2 is 1.25 bits per heavy atom. The number of oxazole rings is 2. The van der Waals surface area contributed by atoms with Gasteiger partial charge in [-0.15, -0.1) is 0 Å². The molecule has 13 heteroatoms. The summed E-state index contributed by atoms with van der Waals surface area (Å²) in [5, 5.41) is 21.9. The normalized spacial score (nSPS) is 28.1. The van der Waals surface area contributed by atoms with Crippen molar-refractivity contribution in [2.75, 3.05) is 7.11 Å². The number of carbonyl (C=O) groups is 2. The van der Waals surface area contributed by atoms with Crippen molar-refractivity contribution in [2.24, 2.45) is 10.8 Å². The number of fused-ring (bicyclic) bond motifs is 6. The monoisotopic (exact) mass is 774 g/mol. The van der Waals surface area contributed by atoms with E-state index in [0.717, 1.165) is 0 Å². The second kappa shape index (κ2) is 19.0. The molecule has 0 saturated carbocycles. The zero-order chi connectivity index (χ0) is 40.5. The zero-order valence-corrected chi connectivity index (χ0v) is 33.0. The van der Waals surface area contributed by atoms with E-state index in [4.69, 9.17) is 32.5 Å². The van der Waals surface area contributed by atoms with Gasteiger partial charge in [-0.2, -0.15) is 0 Å². The number of hydrogen-bond donors (Lipinski definition) is 2. The van der Waals surface area contributed by atoms with Crippen molar-refractivity contribution in [3.8, 4) is 0 Å². The fourth-order valence-electron chi connectivity index (χ4n) is 6.10. The minimum Gasteiger partial charge on any atom is -0.457 e. The molecule has 9 atom stereocenters. The van der Waals surface area contributed by atoms with E-state index in [-0.39, 0.29) is 54.0 Å². The van der Waals surface area contributed by atoms with Gasteiger partial charge in [0.25, 0.3) is 0 Å². The second-order valence-corrected chi connectivity index (χ2v) is 15.1. The smallest absolute Gasteiger partial charge is 0.360 e. The van der Waals surface area contributed by atoms with E-state index in [1.165, 1.54) is 12.5 Å². The number of epoxide rings is 2. The Bertz CT molecular complexity index is 1840. The first-order valence-electron chi connectivity index (χ1n) is 18.9. The molecule has 2 unspecified atom stereocenters. The summed E-state index contributed by atoms with van der Waals surface area (Å²) in [6.07, 6.45) is 24.1. The van der Waals surface area contributed by atoms with Crippen LogP contribution in [0.4, 0.5) is 0 Å². The Balaban J connectivity index is 1.37. The average Bonchev–Trinajstić information content (AvgIpc) is 3.96. The summed E-state index contributed by atoms with van der Waals surface area (Å²) < 4.78 is 40.3. The number of carbonyl (C=O) groups excluding carboxylic acids is 2. The molecular weight excluding hydrogens is 720 g/mol. The van der Waals surface area contributed by atoms with E-state index in [2.05, 4.69) is 9.97 Å². The van der Waals surface area contributed by atoms with Crippen molar-refractivity contribution in [3.63, 3.8) is 0 Å². The van der Waals surface area contributed by atoms with Gasteiger partial charge in [-0.05, 0) is 13.8 Å². The van der Waals surface area contributed by atoms with Gasteiger partial charge >= 0.3 is 11.9 Å². The highest BCUT2D eigenvalue weighted by Gasteiger charge is 2.41. The molecule has 2 N–H and O–H groups in total. The Labute approximate surface area is 328 Å². The molecule has 0 amide bonds. The largest absolute Gasteiger partial charge is 0.457 e. The van der Waals surface area contributed by atoms with E-state index in [1.54, 1.807) is 49.6 Å². The second-order valence-electron chi connectivity index (χ2n) is 15.1. The van der Waals surface area contributed by atoms with Crippen molar-refractivity contribution >= 4 is 18.0 Å². The Morgan fingerprint density at radius 1 is 0.732 bits per heavy atom. The number of esters is 2. The van der Waals surface area contributed by atoms with Crippen LogP contribution in [0.5, 0.6) is 0 Å². The number of methoxy groups -OCH3 is 1. The molecule has 0 radical (unpaired) electrons. The topological polar surface area (TPSA) is 179 Å². The van der Waals surface area contributed by atoms with Crippen molar-refractivity contribution < 1.29 is 52.3 Å². The Morgan fingerprint density at radius 3 is 1.80 bits per heavy atom. The summed E-state index contributed by atoms with van der Waals surface area (Å²) in [5.74, 6) is -0.844. The lowest BCUT2D eigenvalue weighted by molar-refractivity contribution is -0.0461. The summed E-state index contributed by atoms with van der Waals surface area (Å²) in [6.45, 7) is 11.0. The van der Waals surface area contributed by atoms with E-state index >= 15 is 0 Å². The molecule has 2 aromatic rings. The highest BCUT2D eigenvalue weighted by atomic mass is 16.6. The number of aliphatic hydroxyl groups is 2. The fraction of sp³-hybridized carbons (Fsp3) is 0.488. The van der Waals surface area contributed by atoms with Crippen LogP contribution in [0, 0.1) is 10.8 Å². The van der Waals surface area contributed by atoms with Crippen molar-refractivity contribution in [2.45, 2.75) is 116 Å². The summed E-state index contributed by atoms with van der Waals surface area (Å²) in [7, 11) is 1.56. The van der Waals surface area contributed by atoms with Gasteiger partial charge in [-0.1, -0.05) is 107 Å². The molecule has 2 saturated heterocycles. The molecular formula is C43H54N2O11. The maximum absolute atomic E-state index is 13.4. The molecule has 2 fully saturated rings. The molecule has 5 rings (SSSR count). The number of nitrogens with zero attached hydrogens (tertiary/aromatic N) is 2. The molecule has 4 bridgehead atoms. The lowest BCUT2D eigenvalue weighted by atomic mass is 9.79. The molecule has 0 spiro atoms. The average molecular weight is 775 g/mol. The SMILES string of the molecule is CC=C[C@H](O)C(C)(C)[C@@H]1CC=CC2OC2C=C[C@H](OC)Cc2nc(co2)C(=O)O[C@H](C(C)(C)[C@@H](O)C=CC)CC=C[C@H]2O[C@H]2C=CC=Cc2nc(co2)C(=O)O1. The molecule has 13 nitrogen and oxygen atoms in total. The fourth-order valence-corrected chi connectivity index (χ4v) is 6.10. The highest BCUT2D eigenvalue weighted by Crippen LogP contribution is 2.35. The van der Waals surface area contributed by atoms with Crippen LogP contribution >= 0.6 is 0 Å². The van der Waals surface area contributed by atoms with Crippen LogP contribution in [0.25, 0.3) is 6.08 Å². The van der Waals surface area contributed by atoms with Gasteiger partial charge < -0.3 is 42.7 Å². The summed E-state index contributed by atoms with van der Waals surface area (Å²) in [5.41, 5.74) is -1.68. The number of ether oxygens (including phenoxy) is 5. The number of rotatable bonds is 7. The van der Waals surface area contributed by atoms with Gasteiger partial charge in [-0.25, -0.2) is 19.6 Å². The minimum absolute atomic E-state index is 0.00381. The van der Waals surface area contributed by atoms with Crippen molar-refractivity contribution in [1.82, 2.24) is 9.97 Å². The lowest BCUT2D eigenvalue weighted by Crippen LogP contribution is -2.42. The Hall–Kier alpha value is -4.66. The molecule has 2 aromatic heterocycles.